The zero-order chi connectivity index (χ0) is 106. The molecule has 0 radical (unpaired) electrons. The van der Waals surface area contributed by atoms with Gasteiger partial charge in [-0.3, -0.25) is 13.6 Å². The predicted molar refractivity (Wildman–Crippen MR) is 557 cm³/mol. The average molecular weight is 2090 g/mol. The Balaban J connectivity index is 0.000000146. The molecule has 2 N–H and O–H groups in total. The fourth-order valence-electron chi connectivity index (χ4n) is 17.9. The molecule has 5 amide bonds. The molecule has 4 aromatic carbocycles. The number of piperidine rings is 4. The summed E-state index contributed by atoms with van der Waals surface area (Å²) in [7, 11) is -15.3. The Bertz CT molecular complexity index is 7270. The number of aromatic nitrogens is 14. The number of likely N-dealkylation sites (tertiary alicyclic amines) is 4. The van der Waals surface area contributed by atoms with Crippen molar-refractivity contribution in [2.45, 2.75) is 231 Å². The van der Waals surface area contributed by atoms with Crippen LogP contribution >= 0.6 is 12.2 Å². The van der Waals surface area contributed by atoms with Crippen LogP contribution in [0, 0.1) is 63.2 Å². The SMILES string of the molecule is Cc1ccc(S(=O)(=O)n2ccc3c2ncc2cnc([C@@H]4CN(C(=O)OC(C)(C)C)CC[C@@H]4C)n23)cc1.Cc1ccc(S(=O)(=O)n2ccc3c2ncc2cnc([C@H]4CN(C(=O)OC(C)(C)C)CC[C@H]4C)n23)cc1.Cc1ccc(S(=O)(=O)n2ccc3nc(CNC(=O)C4CN(C(=O)OC(C)(C)C)CCC4C)cnc32)cc1.Cc1ccc(S(=O)(=O)n2ccc3nc(CNC(=S)C4CN(C(=O)OC(C)(C)C)CCC4C)cnc32)cc1. The van der Waals surface area contributed by atoms with Crippen LogP contribution < -0.4 is 10.6 Å². The molecule has 14 aromatic rings. The molecule has 0 saturated carbocycles. The van der Waals surface area contributed by atoms with E-state index in [1.807, 2.05) is 127 Å². The highest BCUT2D eigenvalue weighted by molar-refractivity contribution is 7.91. The minimum Gasteiger partial charge on any atom is -0.444 e. The summed E-state index contributed by atoms with van der Waals surface area (Å²) in [5, 5.41) is 6.16. The summed E-state index contributed by atoms with van der Waals surface area (Å²) in [6, 6.07) is 33.5. The minimum absolute atomic E-state index is 0.00584. The van der Waals surface area contributed by atoms with Gasteiger partial charge in [-0.25, -0.2) is 109 Å². The summed E-state index contributed by atoms with van der Waals surface area (Å²) < 4.78 is 137. The van der Waals surface area contributed by atoms with Crippen molar-refractivity contribution in [3.63, 3.8) is 0 Å². The maximum atomic E-state index is 13.4. The monoisotopic (exact) mass is 2090 g/mol. The van der Waals surface area contributed by atoms with Crippen LogP contribution in [0.15, 0.2) is 203 Å². The lowest BCUT2D eigenvalue weighted by molar-refractivity contribution is -0.128. The van der Waals surface area contributed by atoms with Crippen LogP contribution in [-0.2, 0) is 76.9 Å². The van der Waals surface area contributed by atoms with Crippen molar-refractivity contribution >= 4 is 143 Å². The summed E-state index contributed by atoms with van der Waals surface area (Å²) >= 11 is 5.69. The van der Waals surface area contributed by atoms with E-state index in [-0.39, 0.29) is 110 Å². The number of hydrogen-bond acceptors (Lipinski definition) is 26. The van der Waals surface area contributed by atoms with Gasteiger partial charge in [0.1, 0.15) is 45.1 Å². The molecule has 14 heterocycles. The minimum atomic E-state index is -3.83. The molecule has 0 bridgehead atoms. The molecule has 146 heavy (non-hydrogen) atoms. The maximum absolute atomic E-state index is 13.4. The highest BCUT2D eigenvalue weighted by Crippen LogP contribution is 2.39. The molecular weight excluding hydrogens is 1960 g/mol. The number of carbonyl (C=O) groups excluding carboxylic acids is 5. The number of rotatable bonds is 16. The zero-order valence-corrected chi connectivity index (χ0v) is 90.0. The van der Waals surface area contributed by atoms with Crippen LogP contribution in [0.25, 0.3) is 55.7 Å². The van der Waals surface area contributed by atoms with Crippen molar-refractivity contribution in [2.24, 2.45) is 35.5 Å². The lowest BCUT2D eigenvalue weighted by Gasteiger charge is -2.38. The Morgan fingerprint density at radius 2 is 0.623 bits per heavy atom. The van der Waals surface area contributed by atoms with Crippen molar-refractivity contribution in [3.05, 3.63) is 229 Å². The first-order valence-electron chi connectivity index (χ1n) is 48.7. The van der Waals surface area contributed by atoms with Crippen molar-refractivity contribution in [1.29, 1.82) is 0 Å². The van der Waals surface area contributed by atoms with Crippen molar-refractivity contribution in [1.82, 2.24) is 94.8 Å². The summed E-state index contributed by atoms with van der Waals surface area (Å²) in [6.45, 7) is 42.8. The highest BCUT2D eigenvalue weighted by Gasteiger charge is 2.41. The maximum Gasteiger partial charge on any atom is 0.410 e. The lowest BCUT2D eigenvalue weighted by Crippen LogP contribution is -2.49. The second-order valence-corrected chi connectivity index (χ2v) is 49.9. The number of nitrogens with zero attached hydrogens (tertiary/aromatic N) is 18. The number of nitrogens with one attached hydrogen (secondary N) is 2. The number of imidazole rings is 2. The fraction of sp³-hybridized carbons (Fsp3) is 0.442. The summed E-state index contributed by atoms with van der Waals surface area (Å²) in [5.74, 6) is 1.88. The Hall–Kier alpha value is -13.3. The third-order valence-corrected chi connectivity index (χ3v) is 33.3. The van der Waals surface area contributed by atoms with E-state index in [9.17, 15) is 57.6 Å². The first-order valence-corrected chi connectivity index (χ1v) is 54.9. The molecule has 4 fully saturated rings. The number of hydrogen-bond donors (Lipinski definition) is 2. The highest BCUT2D eigenvalue weighted by atomic mass is 32.2. The van der Waals surface area contributed by atoms with E-state index in [2.05, 4.69) is 61.3 Å². The van der Waals surface area contributed by atoms with Crippen LogP contribution in [0.1, 0.15) is 194 Å². The van der Waals surface area contributed by atoms with Gasteiger partial charge in [0.05, 0.1) is 114 Å². The summed E-state index contributed by atoms with van der Waals surface area (Å²) in [6.07, 6.45) is 17.5. The van der Waals surface area contributed by atoms with Crippen molar-refractivity contribution in [2.75, 3.05) is 52.4 Å². The van der Waals surface area contributed by atoms with Gasteiger partial charge < -0.3 is 49.2 Å². The first-order chi connectivity index (χ1) is 68.6. The molecule has 4 aliphatic rings. The van der Waals surface area contributed by atoms with Crippen LogP contribution in [0.4, 0.5) is 19.2 Å². The number of benzene rings is 4. The number of ether oxygens (including phenoxy) is 4. The number of fused-ring (bicyclic) bond motifs is 8. The van der Waals surface area contributed by atoms with Gasteiger partial charge in [-0.2, -0.15) is 0 Å². The normalized spacial score (nSPS) is 18.9. The van der Waals surface area contributed by atoms with Crippen LogP contribution in [0.5, 0.6) is 0 Å². The molecule has 4 unspecified atom stereocenters. The van der Waals surface area contributed by atoms with E-state index in [1.165, 1.54) is 38.9 Å². The average Bonchev–Trinajstić information content (AvgIpc) is 1.58. The molecule has 8 atom stereocenters. The number of aryl methyl sites for hydroxylation is 4. The van der Waals surface area contributed by atoms with Crippen molar-refractivity contribution in [3.8, 4) is 0 Å². The second kappa shape index (κ2) is 42.3. The zero-order valence-electron chi connectivity index (χ0n) is 85.9. The van der Waals surface area contributed by atoms with Gasteiger partial charge in [-0.15, -0.1) is 0 Å². The number of carbonyl (C=O) groups is 5. The second-order valence-electron chi connectivity index (χ2n) is 42.2. The van der Waals surface area contributed by atoms with Crippen LogP contribution in [0.2, 0.25) is 0 Å². The van der Waals surface area contributed by atoms with E-state index in [0.717, 1.165) is 72.1 Å². The molecule has 42 heteroatoms. The van der Waals surface area contributed by atoms with E-state index >= 15 is 0 Å². The van der Waals surface area contributed by atoms with E-state index < -0.39 is 68.6 Å². The molecule has 37 nitrogen and oxygen atoms in total. The van der Waals surface area contributed by atoms with Gasteiger partial charge in [-0.05, 0) is 233 Å². The quantitative estimate of drug-likeness (QED) is 0.0670. The Morgan fingerprint density at radius 3 is 0.952 bits per heavy atom. The largest absolute Gasteiger partial charge is 0.444 e. The van der Waals surface area contributed by atoms with E-state index in [4.69, 9.17) is 41.1 Å². The van der Waals surface area contributed by atoms with E-state index in [1.54, 1.807) is 172 Å². The van der Waals surface area contributed by atoms with Gasteiger partial charge >= 0.3 is 24.4 Å². The molecular formula is C104H128N20O17S5. The topological polar surface area (TPSA) is 428 Å². The van der Waals surface area contributed by atoms with Gasteiger partial charge in [0, 0.05) is 94.9 Å². The number of amides is 5. The Labute approximate surface area is 856 Å². The molecule has 10 aromatic heterocycles. The summed E-state index contributed by atoms with van der Waals surface area (Å²) in [4.78, 5) is 108. The van der Waals surface area contributed by atoms with Gasteiger partial charge in [-0.1, -0.05) is 111 Å². The Morgan fingerprint density at radius 1 is 0.349 bits per heavy atom. The van der Waals surface area contributed by atoms with Crippen LogP contribution in [-0.4, -0.2) is 228 Å². The standard InChI is InChI=1S/C26H33N5O5S.C26H33N5O4S2.2C26H31N5O4S/c1-17-6-8-20(9-7-17)37(34,35)31-13-11-22-23(31)27-14-19(29-22)15-28-24(32)21-16-30(12-10-18(21)2)25(33)36-26(3,4)5;1-17-6-8-20(9-7-17)37(33,34)31-13-11-22-23(31)27-14-19(29-22)15-28-24(36)21-16-30(12-10-18(21)2)25(32)35-26(3,4)5;2*1-17-6-8-20(9-7-17)36(33,34)30-13-11-22-24(30)28-15-19-14-27-23(31(19)22)21-16-29(12-10-18(21)2)25(32)35-26(3,4)5/h6-9,11,13-14,18,21H,10,12,15-16H2,1-5H3,(H,28,32);6-9,11,13-14,18,21H,10,12,15-16H2,1-5H3,(H,28,36);2*6-9,11,13-15,18,21H,10,12,16H2,1-5H3/t;;2*18-,21+/m..10/s1. The van der Waals surface area contributed by atoms with Gasteiger partial charge in [0.15, 0.2) is 22.6 Å². The van der Waals surface area contributed by atoms with Crippen LogP contribution in [0.3, 0.4) is 0 Å². The predicted octanol–water partition coefficient (Wildman–Crippen LogP) is 17.0. The lowest BCUT2D eigenvalue weighted by atomic mass is 9.86. The van der Waals surface area contributed by atoms with Gasteiger partial charge in [0.25, 0.3) is 40.1 Å². The smallest absolute Gasteiger partial charge is 0.410 e. The Kier molecular flexibility index (Phi) is 31.0. The molecule has 0 spiro atoms. The fourth-order valence-corrected chi connectivity index (χ4v) is 23.5. The molecule has 776 valence electrons. The third-order valence-electron chi connectivity index (χ3n) is 26.2. The molecule has 0 aliphatic carbocycles. The number of thiocarbonyl (C=S) groups is 1. The third kappa shape index (κ3) is 24.0. The van der Waals surface area contributed by atoms with E-state index in [0.29, 0.717) is 114 Å². The molecule has 4 aliphatic heterocycles. The summed E-state index contributed by atoms with van der Waals surface area (Å²) in [5.41, 5.74) is 7.59. The molecule has 4 saturated heterocycles. The van der Waals surface area contributed by atoms with Gasteiger partial charge in [0.2, 0.25) is 5.91 Å². The molecule has 18 rings (SSSR count). The van der Waals surface area contributed by atoms with Crippen molar-refractivity contribution < 1.29 is 76.6 Å². The first kappa shape index (κ1) is 107.